The van der Waals surface area contributed by atoms with Gasteiger partial charge >= 0.3 is 0 Å². The summed E-state index contributed by atoms with van der Waals surface area (Å²) in [6, 6.07) is 0. The van der Waals surface area contributed by atoms with E-state index in [0.29, 0.717) is 6.54 Å². The van der Waals surface area contributed by atoms with Crippen LogP contribution in [0.5, 0.6) is 0 Å². The van der Waals surface area contributed by atoms with Gasteiger partial charge in [0.1, 0.15) is 5.01 Å². The molecule has 0 aromatic carbocycles. The Morgan fingerprint density at radius 3 is 2.35 bits per heavy atom. The molecule has 0 amide bonds. The van der Waals surface area contributed by atoms with Gasteiger partial charge in [-0.05, 0) is 27.7 Å². The van der Waals surface area contributed by atoms with Crippen molar-refractivity contribution >= 4 is 17.3 Å². The highest BCUT2D eigenvalue weighted by molar-refractivity contribution is 7.09. The minimum absolute atomic E-state index is 0.000448. The smallest absolute Gasteiger partial charge is 0.192 e. The van der Waals surface area contributed by atoms with Crippen LogP contribution in [-0.4, -0.2) is 23.0 Å². The van der Waals surface area contributed by atoms with Crippen molar-refractivity contribution in [3.05, 3.63) is 16.1 Å². The Morgan fingerprint density at radius 1 is 1.25 bits per heavy atom. The number of hydrogen-bond donors (Lipinski definition) is 2. The second kappa shape index (κ2) is 6.57. The largest absolute Gasteiger partial charge is 0.357 e. The van der Waals surface area contributed by atoms with Crippen molar-refractivity contribution in [1.82, 2.24) is 15.6 Å². The van der Waals surface area contributed by atoms with Gasteiger partial charge in [0.25, 0.3) is 0 Å². The molecular weight excluding hydrogens is 268 g/mol. The molecule has 0 aliphatic rings. The molecule has 0 saturated heterocycles. The Kier molecular flexibility index (Phi) is 5.57. The van der Waals surface area contributed by atoms with E-state index in [1.807, 2.05) is 0 Å². The topological polar surface area (TPSA) is 49.3 Å². The summed E-state index contributed by atoms with van der Waals surface area (Å²) in [5, 5.41) is 9.83. The van der Waals surface area contributed by atoms with Gasteiger partial charge in [-0.15, -0.1) is 11.3 Å². The van der Waals surface area contributed by atoms with Crippen molar-refractivity contribution in [2.45, 2.75) is 66.0 Å². The first-order valence-corrected chi connectivity index (χ1v) is 8.01. The first kappa shape index (κ1) is 17.0. The van der Waals surface area contributed by atoms with Crippen molar-refractivity contribution in [1.29, 1.82) is 0 Å². The van der Waals surface area contributed by atoms with E-state index in [1.54, 1.807) is 11.3 Å². The van der Waals surface area contributed by atoms with Crippen LogP contribution in [0.3, 0.4) is 0 Å². The van der Waals surface area contributed by atoms with Crippen LogP contribution >= 0.6 is 11.3 Å². The van der Waals surface area contributed by atoms with Gasteiger partial charge in [0.2, 0.25) is 0 Å². The lowest BCUT2D eigenvalue weighted by Crippen LogP contribution is -2.47. The maximum absolute atomic E-state index is 4.67. The van der Waals surface area contributed by atoms with E-state index in [1.165, 1.54) is 0 Å². The number of guanidine groups is 1. The zero-order chi connectivity index (χ0) is 15.4. The van der Waals surface area contributed by atoms with Gasteiger partial charge in [-0.25, -0.2) is 9.98 Å². The van der Waals surface area contributed by atoms with Crippen molar-refractivity contribution in [2.75, 3.05) is 6.54 Å². The first-order chi connectivity index (χ1) is 9.12. The van der Waals surface area contributed by atoms with Gasteiger partial charge in [-0.2, -0.15) is 0 Å². The zero-order valence-corrected chi connectivity index (χ0v) is 14.6. The highest BCUT2D eigenvalue weighted by Crippen LogP contribution is 2.24. The summed E-state index contributed by atoms with van der Waals surface area (Å²) in [5.74, 6) is 0.840. The third-order valence-electron chi connectivity index (χ3n) is 2.53. The predicted octanol–water partition coefficient (Wildman–Crippen LogP) is 3.29. The summed E-state index contributed by atoms with van der Waals surface area (Å²) in [5.41, 5.74) is 1.24. The van der Waals surface area contributed by atoms with E-state index in [-0.39, 0.29) is 11.0 Å². The summed E-state index contributed by atoms with van der Waals surface area (Å²) >= 11 is 1.68. The summed E-state index contributed by atoms with van der Waals surface area (Å²) < 4.78 is 0. The minimum Gasteiger partial charge on any atom is -0.357 e. The van der Waals surface area contributed by atoms with Gasteiger partial charge in [-0.1, -0.05) is 20.8 Å². The average molecular weight is 296 g/mol. The Labute approximate surface area is 127 Å². The number of hydrogen-bond acceptors (Lipinski definition) is 3. The van der Waals surface area contributed by atoms with Crippen LogP contribution in [0.15, 0.2) is 10.4 Å². The second-order valence-electron chi connectivity index (χ2n) is 6.95. The van der Waals surface area contributed by atoms with Gasteiger partial charge < -0.3 is 10.6 Å². The molecule has 0 radical (unpaired) electrons. The summed E-state index contributed by atoms with van der Waals surface area (Å²) in [6.45, 7) is 16.5. The lowest BCUT2D eigenvalue weighted by atomic mass is 9.93. The summed E-state index contributed by atoms with van der Waals surface area (Å²) in [4.78, 5) is 9.27. The van der Waals surface area contributed by atoms with Crippen LogP contribution in [0.1, 0.15) is 59.2 Å². The molecule has 1 rings (SSSR count). The molecule has 1 aromatic heterocycles. The number of aromatic nitrogens is 1. The molecule has 0 fully saturated rings. The number of aliphatic imine (C=N–C) groups is 1. The molecule has 0 aliphatic carbocycles. The fraction of sp³-hybridized carbons (Fsp3) is 0.733. The van der Waals surface area contributed by atoms with Crippen molar-refractivity contribution in [2.24, 2.45) is 4.99 Å². The molecule has 0 saturated carbocycles. The normalized spacial score (nSPS) is 13.4. The molecule has 2 N–H and O–H groups in total. The van der Waals surface area contributed by atoms with Gasteiger partial charge in [0.05, 0.1) is 12.2 Å². The van der Waals surface area contributed by atoms with Crippen molar-refractivity contribution in [3.8, 4) is 0 Å². The highest BCUT2D eigenvalue weighted by atomic mass is 32.1. The van der Waals surface area contributed by atoms with E-state index in [4.69, 9.17) is 0 Å². The highest BCUT2D eigenvalue weighted by Gasteiger charge is 2.17. The van der Waals surface area contributed by atoms with Crippen LogP contribution in [0.4, 0.5) is 0 Å². The predicted molar refractivity (Wildman–Crippen MR) is 88.5 cm³/mol. The molecule has 0 atom stereocenters. The van der Waals surface area contributed by atoms with E-state index in [0.717, 1.165) is 23.2 Å². The SMILES string of the molecule is CCNC(=NCc1nc(C(C)(C)C)cs1)NC(C)(C)C. The molecule has 1 heterocycles. The van der Waals surface area contributed by atoms with E-state index in [2.05, 4.69) is 74.5 Å². The molecule has 0 spiro atoms. The Hall–Kier alpha value is -1.10. The quantitative estimate of drug-likeness (QED) is 0.664. The van der Waals surface area contributed by atoms with Crippen LogP contribution < -0.4 is 10.6 Å². The lowest BCUT2D eigenvalue weighted by Gasteiger charge is -2.23. The average Bonchev–Trinajstić information content (AvgIpc) is 2.72. The van der Waals surface area contributed by atoms with Crippen LogP contribution in [0, 0.1) is 0 Å². The van der Waals surface area contributed by atoms with Gasteiger partial charge in [0, 0.05) is 22.9 Å². The van der Waals surface area contributed by atoms with E-state index in [9.17, 15) is 0 Å². The van der Waals surface area contributed by atoms with Crippen LogP contribution in [-0.2, 0) is 12.0 Å². The second-order valence-corrected chi connectivity index (χ2v) is 7.89. The standard InChI is InChI=1S/C15H28N4S/c1-8-16-13(19-15(5,6)7)17-9-12-18-11(10-20-12)14(2,3)4/h10H,8-9H2,1-7H3,(H2,16,17,19). The number of rotatable bonds is 3. The Morgan fingerprint density at radius 2 is 1.90 bits per heavy atom. The Bertz CT molecular complexity index is 449. The summed E-state index contributed by atoms with van der Waals surface area (Å²) in [7, 11) is 0. The molecule has 20 heavy (non-hydrogen) atoms. The monoisotopic (exact) mass is 296 g/mol. The molecule has 4 nitrogen and oxygen atoms in total. The zero-order valence-electron chi connectivity index (χ0n) is 13.8. The minimum atomic E-state index is 0.000448. The molecule has 0 bridgehead atoms. The number of nitrogens with zero attached hydrogens (tertiary/aromatic N) is 2. The maximum atomic E-state index is 4.67. The first-order valence-electron chi connectivity index (χ1n) is 7.13. The molecule has 114 valence electrons. The number of nitrogens with one attached hydrogen (secondary N) is 2. The fourth-order valence-electron chi connectivity index (χ4n) is 1.54. The molecular formula is C15H28N4S. The van der Waals surface area contributed by atoms with Crippen LogP contribution in [0.25, 0.3) is 0 Å². The van der Waals surface area contributed by atoms with Crippen LogP contribution in [0.2, 0.25) is 0 Å². The van der Waals surface area contributed by atoms with Crippen molar-refractivity contribution < 1.29 is 0 Å². The molecule has 1 aromatic rings. The molecule has 5 heteroatoms. The third-order valence-corrected chi connectivity index (χ3v) is 3.36. The van der Waals surface area contributed by atoms with Gasteiger partial charge in [0.15, 0.2) is 5.96 Å². The number of thiazole rings is 1. The fourth-order valence-corrected chi connectivity index (χ4v) is 2.48. The van der Waals surface area contributed by atoms with E-state index >= 15 is 0 Å². The Balaban J connectivity index is 2.74. The third kappa shape index (κ3) is 5.90. The van der Waals surface area contributed by atoms with E-state index < -0.39 is 0 Å². The van der Waals surface area contributed by atoms with Gasteiger partial charge in [-0.3, -0.25) is 0 Å². The molecule has 0 aliphatic heterocycles. The van der Waals surface area contributed by atoms with Crippen molar-refractivity contribution in [3.63, 3.8) is 0 Å². The summed E-state index contributed by atoms with van der Waals surface area (Å²) in [6.07, 6.45) is 0. The molecule has 0 unspecified atom stereocenters. The lowest BCUT2D eigenvalue weighted by molar-refractivity contribution is 0.501. The maximum Gasteiger partial charge on any atom is 0.192 e.